The highest BCUT2D eigenvalue weighted by Gasteiger charge is 2.36. The molecule has 1 heterocycles. The molecule has 0 spiro atoms. The Morgan fingerprint density at radius 1 is 1.41 bits per heavy atom. The molecule has 1 aliphatic carbocycles. The Morgan fingerprint density at radius 2 is 2.12 bits per heavy atom. The molecule has 1 unspecified atom stereocenters. The van der Waals surface area contributed by atoms with Gasteiger partial charge in [-0.15, -0.1) is 0 Å². The van der Waals surface area contributed by atoms with Crippen molar-refractivity contribution in [3.8, 4) is 0 Å². The van der Waals surface area contributed by atoms with E-state index in [2.05, 4.69) is 5.32 Å². The summed E-state index contributed by atoms with van der Waals surface area (Å²) in [7, 11) is 0. The first-order valence-corrected chi connectivity index (χ1v) is 6.25. The standard InChI is InChI=1S/C12H18N2O3/c1-2-9-12(17)13-10(15)7-14(9)11(16)6-8-4-3-5-8/h8-9H,2-7H2,1H3,(H,13,15,17). The van der Waals surface area contributed by atoms with E-state index in [1.54, 1.807) is 0 Å². The van der Waals surface area contributed by atoms with Gasteiger partial charge in [0.25, 0.3) is 0 Å². The molecular weight excluding hydrogens is 220 g/mol. The molecule has 17 heavy (non-hydrogen) atoms. The maximum Gasteiger partial charge on any atom is 0.249 e. The van der Waals surface area contributed by atoms with Gasteiger partial charge in [0, 0.05) is 6.42 Å². The summed E-state index contributed by atoms with van der Waals surface area (Å²) < 4.78 is 0. The van der Waals surface area contributed by atoms with E-state index in [1.807, 2.05) is 6.92 Å². The minimum absolute atomic E-state index is 0.0236. The highest BCUT2D eigenvalue weighted by Crippen LogP contribution is 2.30. The molecule has 1 atom stereocenters. The Bertz CT molecular complexity index is 350. The molecule has 2 rings (SSSR count). The summed E-state index contributed by atoms with van der Waals surface area (Å²) in [6, 6.07) is -0.472. The molecule has 94 valence electrons. The Kier molecular flexibility index (Phi) is 3.45. The van der Waals surface area contributed by atoms with Crippen LogP contribution in [0, 0.1) is 5.92 Å². The van der Waals surface area contributed by atoms with Gasteiger partial charge in [-0.05, 0) is 25.2 Å². The monoisotopic (exact) mass is 238 g/mol. The number of nitrogens with zero attached hydrogens (tertiary/aromatic N) is 1. The van der Waals surface area contributed by atoms with Crippen molar-refractivity contribution in [3.63, 3.8) is 0 Å². The Balaban J connectivity index is 2.01. The number of piperazine rings is 1. The molecule has 5 heteroatoms. The summed E-state index contributed by atoms with van der Waals surface area (Å²) in [5.41, 5.74) is 0. The molecule has 1 N–H and O–H groups in total. The molecule has 1 saturated heterocycles. The average Bonchev–Trinajstić information content (AvgIpc) is 2.22. The molecule has 1 saturated carbocycles. The Morgan fingerprint density at radius 3 is 2.65 bits per heavy atom. The third-order valence-corrected chi connectivity index (χ3v) is 3.65. The van der Waals surface area contributed by atoms with Gasteiger partial charge >= 0.3 is 0 Å². The molecular formula is C12H18N2O3. The predicted molar refractivity (Wildman–Crippen MR) is 60.9 cm³/mol. The van der Waals surface area contributed by atoms with Gasteiger partial charge in [-0.2, -0.15) is 0 Å². The van der Waals surface area contributed by atoms with Gasteiger partial charge in [-0.3, -0.25) is 19.7 Å². The van der Waals surface area contributed by atoms with E-state index in [-0.39, 0.29) is 24.3 Å². The van der Waals surface area contributed by atoms with Gasteiger partial charge in [0.05, 0.1) is 0 Å². The van der Waals surface area contributed by atoms with E-state index < -0.39 is 6.04 Å². The maximum absolute atomic E-state index is 12.1. The van der Waals surface area contributed by atoms with Crippen LogP contribution >= 0.6 is 0 Å². The van der Waals surface area contributed by atoms with E-state index >= 15 is 0 Å². The maximum atomic E-state index is 12.1. The van der Waals surface area contributed by atoms with Crippen molar-refractivity contribution in [1.82, 2.24) is 10.2 Å². The van der Waals surface area contributed by atoms with E-state index in [0.29, 0.717) is 18.8 Å². The summed E-state index contributed by atoms with van der Waals surface area (Å²) in [4.78, 5) is 36.4. The lowest BCUT2D eigenvalue weighted by Crippen LogP contribution is -2.59. The van der Waals surface area contributed by atoms with Crippen molar-refractivity contribution >= 4 is 17.7 Å². The van der Waals surface area contributed by atoms with Crippen molar-refractivity contribution in [2.24, 2.45) is 5.92 Å². The molecule has 0 aromatic rings. The van der Waals surface area contributed by atoms with Gasteiger partial charge < -0.3 is 4.90 Å². The molecule has 2 aliphatic rings. The van der Waals surface area contributed by atoms with Crippen LogP contribution in [0.4, 0.5) is 0 Å². The van der Waals surface area contributed by atoms with Gasteiger partial charge in [-0.1, -0.05) is 13.3 Å². The van der Waals surface area contributed by atoms with Crippen LogP contribution in [0.25, 0.3) is 0 Å². The summed E-state index contributed by atoms with van der Waals surface area (Å²) in [6.45, 7) is 1.87. The third-order valence-electron chi connectivity index (χ3n) is 3.65. The fraction of sp³-hybridized carbons (Fsp3) is 0.750. The van der Waals surface area contributed by atoms with Crippen LogP contribution in [0.5, 0.6) is 0 Å². The van der Waals surface area contributed by atoms with Crippen LogP contribution in [0.15, 0.2) is 0 Å². The molecule has 2 fully saturated rings. The third kappa shape index (κ3) is 2.48. The average molecular weight is 238 g/mol. The number of hydrogen-bond acceptors (Lipinski definition) is 3. The highest BCUT2D eigenvalue weighted by molar-refractivity contribution is 6.04. The minimum Gasteiger partial charge on any atom is -0.321 e. The van der Waals surface area contributed by atoms with Gasteiger partial charge in [0.1, 0.15) is 12.6 Å². The fourth-order valence-electron chi connectivity index (χ4n) is 2.40. The number of hydrogen-bond donors (Lipinski definition) is 1. The van der Waals surface area contributed by atoms with Crippen LogP contribution in [-0.2, 0) is 14.4 Å². The Hall–Kier alpha value is -1.39. The molecule has 5 nitrogen and oxygen atoms in total. The van der Waals surface area contributed by atoms with Crippen LogP contribution in [0.1, 0.15) is 39.0 Å². The summed E-state index contributed by atoms with van der Waals surface area (Å²) in [6.07, 6.45) is 4.41. The highest BCUT2D eigenvalue weighted by atomic mass is 16.2. The Labute approximate surface area is 101 Å². The molecule has 0 aromatic heterocycles. The minimum atomic E-state index is -0.472. The summed E-state index contributed by atoms with van der Waals surface area (Å²) in [5.74, 6) is -0.308. The van der Waals surface area contributed by atoms with E-state index in [0.717, 1.165) is 12.8 Å². The van der Waals surface area contributed by atoms with Crippen molar-refractivity contribution in [1.29, 1.82) is 0 Å². The van der Waals surface area contributed by atoms with Crippen molar-refractivity contribution in [2.45, 2.75) is 45.1 Å². The van der Waals surface area contributed by atoms with Crippen LogP contribution in [0.2, 0.25) is 0 Å². The van der Waals surface area contributed by atoms with Crippen molar-refractivity contribution in [3.05, 3.63) is 0 Å². The first-order valence-electron chi connectivity index (χ1n) is 6.25. The molecule has 1 aliphatic heterocycles. The summed E-state index contributed by atoms with van der Waals surface area (Å²) >= 11 is 0. The normalized spacial score (nSPS) is 25.5. The zero-order valence-corrected chi connectivity index (χ0v) is 10.1. The number of amides is 3. The summed E-state index contributed by atoms with van der Waals surface area (Å²) in [5, 5.41) is 2.27. The first kappa shape index (κ1) is 12.1. The molecule has 3 amide bonds. The molecule has 0 bridgehead atoms. The van der Waals surface area contributed by atoms with Gasteiger partial charge in [0.15, 0.2) is 0 Å². The van der Waals surface area contributed by atoms with Crippen molar-refractivity contribution < 1.29 is 14.4 Å². The van der Waals surface area contributed by atoms with E-state index in [4.69, 9.17) is 0 Å². The largest absolute Gasteiger partial charge is 0.321 e. The smallest absolute Gasteiger partial charge is 0.249 e. The number of rotatable bonds is 3. The quantitative estimate of drug-likeness (QED) is 0.725. The molecule has 0 radical (unpaired) electrons. The van der Waals surface area contributed by atoms with Crippen LogP contribution in [0.3, 0.4) is 0 Å². The fourth-order valence-corrected chi connectivity index (χ4v) is 2.40. The SMILES string of the molecule is CCC1C(=O)NC(=O)CN1C(=O)CC1CCC1. The lowest BCUT2D eigenvalue weighted by Gasteiger charge is -2.35. The van der Waals surface area contributed by atoms with Crippen LogP contribution in [-0.4, -0.2) is 35.2 Å². The van der Waals surface area contributed by atoms with Gasteiger partial charge in [-0.25, -0.2) is 0 Å². The lowest BCUT2D eigenvalue weighted by molar-refractivity contribution is -0.151. The second kappa shape index (κ2) is 4.85. The van der Waals surface area contributed by atoms with Crippen LogP contribution < -0.4 is 5.32 Å². The first-order chi connectivity index (χ1) is 8.11. The van der Waals surface area contributed by atoms with Gasteiger partial charge in [0.2, 0.25) is 17.7 Å². The van der Waals surface area contributed by atoms with E-state index in [9.17, 15) is 14.4 Å². The topological polar surface area (TPSA) is 66.5 Å². The predicted octanol–water partition coefficient (Wildman–Crippen LogP) is 0.440. The number of carbonyl (C=O) groups is 3. The zero-order valence-electron chi connectivity index (χ0n) is 10.1. The molecule has 0 aromatic carbocycles. The second-order valence-electron chi connectivity index (χ2n) is 4.86. The lowest BCUT2D eigenvalue weighted by atomic mass is 9.82. The van der Waals surface area contributed by atoms with E-state index in [1.165, 1.54) is 11.3 Å². The number of carbonyl (C=O) groups excluding carboxylic acids is 3. The second-order valence-corrected chi connectivity index (χ2v) is 4.86. The zero-order chi connectivity index (χ0) is 12.4. The van der Waals surface area contributed by atoms with Crippen molar-refractivity contribution in [2.75, 3.05) is 6.54 Å². The number of nitrogens with one attached hydrogen (secondary N) is 1. The number of imide groups is 1.